The minimum atomic E-state index is -3.65. The second-order valence-corrected chi connectivity index (χ2v) is 8.60. The first-order valence-electron chi connectivity index (χ1n) is 8.41. The normalized spacial score (nSPS) is 16.0. The average Bonchev–Trinajstić information content (AvgIpc) is 2.99. The van der Waals surface area contributed by atoms with E-state index in [4.69, 9.17) is 20.8 Å². The maximum Gasteiger partial charge on any atom is 0.420 e. The average molecular weight is 409 g/mol. The summed E-state index contributed by atoms with van der Waals surface area (Å²) >= 11 is 5.89. The number of aromatic nitrogens is 1. The predicted octanol–water partition coefficient (Wildman–Crippen LogP) is 2.32. The molecule has 0 amide bonds. The number of fused-ring (bicyclic) bond motifs is 1. The molecule has 3 aromatic rings. The molecule has 1 aliphatic heterocycles. The topological polar surface area (TPSA) is 81.8 Å². The van der Waals surface area contributed by atoms with E-state index >= 15 is 0 Å². The van der Waals surface area contributed by atoms with Crippen LogP contribution < -0.4 is 5.76 Å². The molecule has 1 aliphatic rings. The van der Waals surface area contributed by atoms with Crippen molar-refractivity contribution in [2.45, 2.75) is 11.4 Å². The van der Waals surface area contributed by atoms with Gasteiger partial charge in [-0.25, -0.2) is 13.2 Å². The van der Waals surface area contributed by atoms with Crippen molar-refractivity contribution in [3.05, 3.63) is 63.6 Å². The summed E-state index contributed by atoms with van der Waals surface area (Å²) in [6.07, 6.45) is 0. The summed E-state index contributed by atoms with van der Waals surface area (Å²) in [6.45, 7) is 1.66. The summed E-state index contributed by atoms with van der Waals surface area (Å²) in [4.78, 5) is 12.4. The third-order valence-electron chi connectivity index (χ3n) is 4.50. The SMILES string of the molecule is O=c1oc2cc(S(=O)(=O)N3CCOCC3)ccc2n1Cc1ccc(Cl)cc1. The summed E-state index contributed by atoms with van der Waals surface area (Å²) < 4.78 is 38.9. The highest BCUT2D eigenvalue weighted by Crippen LogP contribution is 2.23. The van der Waals surface area contributed by atoms with Crippen molar-refractivity contribution in [3.63, 3.8) is 0 Å². The van der Waals surface area contributed by atoms with Crippen LogP contribution in [-0.2, 0) is 21.3 Å². The van der Waals surface area contributed by atoms with Gasteiger partial charge < -0.3 is 9.15 Å². The van der Waals surface area contributed by atoms with E-state index in [1.165, 1.54) is 21.0 Å². The van der Waals surface area contributed by atoms with Crippen LogP contribution in [0.4, 0.5) is 0 Å². The summed E-state index contributed by atoms with van der Waals surface area (Å²) in [5.41, 5.74) is 1.66. The second-order valence-electron chi connectivity index (χ2n) is 6.23. The second kappa shape index (κ2) is 7.12. The lowest BCUT2D eigenvalue weighted by Gasteiger charge is -2.25. The van der Waals surface area contributed by atoms with E-state index in [9.17, 15) is 13.2 Å². The van der Waals surface area contributed by atoms with Gasteiger partial charge in [0.15, 0.2) is 5.58 Å². The molecule has 0 spiro atoms. The number of halogens is 1. The molecule has 2 heterocycles. The van der Waals surface area contributed by atoms with Crippen LogP contribution in [0, 0.1) is 0 Å². The number of oxazole rings is 1. The molecule has 0 saturated carbocycles. The summed E-state index contributed by atoms with van der Waals surface area (Å²) in [5, 5.41) is 0.612. The van der Waals surface area contributed by atoms with Crippen LogP contribution in [0.3, 0.4) is 0 Å². The van der Waals surface area contributed by atoms with Crippen LogP contribution in [0.2, 0.25) is 5.02 Å². The van der Waals surface area contributed by atoms with E-state index in [-0.39, 0.29) is 10.5 Å². The number of hydrogen-bond acceptors (Lipinski definition) is 5. The van der Waals surface area contributed by atoms with Gasteiger partial charge in [-0.2, -0.15) is 4.31 Å². The first-order valence-corrected chi connectivity index (χ1v) is 10.2. The Labute approximate surface area is 160 Å². The molecule has 7 nitrogen and oxygen atoms in total. The van der Waals surface area contributed by atoms with E-state index in [0.717, 1.165) is 5.56 Å². The number of rotatable bonds is 4. The smallest absolute Gasteiger partial charge is 0.408 e. The molecule has 0 N–H and O–H groups in total. The first kappa shape index (κ1) is 18.2. The van der Waals surface area contributed by atoms with Gasteiger partial charge in [-0.15, -0.1) is 0 Å². The van der Waals surface area contributed by atoms with Crippen molar-refractivity contribution in [1.29, 1.82) is 0 Å². The van der Waals surface area contributed by atoms with Crippen LogP contribution in [-0.4, -0.2) is 43.6 Å². The van der Waals surface area contributed by atoms with E-state index < -0.39 is 15.8 Å². The predicted molar refractivity (Wildman–Crippen MR) is 101 cm³/mol. The Morgan fingerprint density at radius 3 is 2.44 bits per heavy atom. The monoisotopic (exact) mass is 408 g/mol. The number of sulfonamides is 1. The zero-order valence-electron chi connectivity index (χ0n) is 14.3. The Hall–Kier alpha value is -2.13. The van der Waals surface area contributed by atoms with Gasteiger partial charge in [0.05, 0.1) is 30.2 Å². The minimum Gasteiger partial charge on any atom is -0.408 e. The largest absolute Gasteiger partial charge is 0.420 e. The molecule has 0 atom stereocenters. The van der Waals surface area contributed by atoms with Gasteiger partial charge in [-0.05, 0) is 29.8 Å². The van der Waals surface area contributed by atoms with Gasteiger partial charge in [0.1, 0.15) is 0 Å². The zero-order valence-corrected chi connectivity index (χ0v) is 15.9. The van der Waals surface area contributed by atoms with Crippen LogP contribution in [0.5, 0.6) is 0 Å². The van der Waals surface area contributed by atoms with E-state index in [1.807, 2.05) is 12.1 Å². The molecule has 1 fully saturated rings. The quantitative estimate of drug-likeness (QED) is 0.661. The summed E-state index contributed by atoms with van der Waals surface area (Å²) in [6, 6.07) is 11.6. The lowest BCUT2D eigenvalue weighted by Crippen LogP contribution is -2.40. The molecule has 4 rings (SSSR count). The number of nitrogens with zero attached hydrogens (tertiary/aromatic N) is 2. The molecule has 9 heteroatoms. The third-order valence-corrected chi connectivity index (χ3v) is 6.65. The number of hydrogen-bond donors (Lipinski definition) is 0. The number of morpholine rings is 1. The lowest BCUT2D eigenvalue weighted by atomic mass is 10.2. The maximum absolute atomic E-state index is 12.8. The molecule has 0 radical (unpaired) electrons. The Kier molecular flexibility index (Phi) is 4.81. The fraction of sp³-hybridized carbons (Fsp3) is 0.278. The molecule has 0 aliphatic carbocycles. The molecule has 1 saturated heterocycles. The molecule has 0 bridgehead atoms. The van der Waals surface area contributed by atoms with Crippen molar-refractivity contribution in [1.82, 2.24) is 8.87 Å². The van der Waals surface area contributed by atoms with Crippen molar-refractivity contribution in [2.75, 3.05) is 26.3 Å². The molecule has 1 aromatic heterocycles. The minimum absolute atomic E-state index is 0.101. The number of ether oxygens (including phenoxy) is 1. The van der Waals surface area contributed by atoms with Crippen LogP contribution >= 0.6 is 11.6 Å². The molecule has 2 aromatic carbocycles. The van der Waals surface area contributed by atoms with Crippen LogP contribution in [0.1, 0.15) is 5.56 Å². The highest BCUT2D eigenvalue weighted by atomic mass is 35.5. The fourth-order valence-corrected chi connectivity index (χ4v) is 4.62. The highest BCUT2D eigenvalue weighted by molar-refractivity contribution is 7.89. The van der Waals surface area contributed by atoms with Crippen molar-refractivity contribution in [2.24, 2.45) is 0 Å². The Morgan fingerprint density at radius 2 is 1.74 bits per heavy atom. The third kappa shape index (κ3) is 3.53. The van der Waals surface area contributed by atoms with Gasteiger partial charge in [-0.1, -0.05) is 23.7 Å². The van der Waals surface area contributed by atoms with Gasteiger partial charge in [-0.3, -0.25) is 4.57 Å². The standard InChI is InChI=1S/C18H17ClN2O5S/c19-14-3-1-13(2-4-14)12-21-16-6-5-15(11-17(16)26-18(21)22)27(23,24)20-7-9-25-10-8-20/h1-6,11H,7-10,12H2. The van der Waals surface area contributed by atoms with Gasteiger partial charge in [0.25, 0.3) is 0 Å². The van der Waals surface area contributed by atoms with Crippen LogP contribution in [0.15, 0.2) is 56.6 Å². The molecule has 142 valence electrons. The van der Waals surface area contributed by atoms with Gasteiger partial charge >= 0.3 is 5.76 Å². The first-order chi connectivity index (χ1) is 12.9. The van der Waals surface area contributed by atoms with E-state index in [1.54, 1.807) is 18.2 Å². The Balaban J connectivity index is 1.70. The molecule has 27 heavy (non-hydrogen) atoms. The highest BCUT2D eigenvalue weighted by Gasteiger charge is 2.27. The zero-order chi connectivity index (χ0) is 19.0. The van der Waals surface area contributed by atoms with E-state index in [2.05, 4.69) is 0 Å². The lowest BCUT2D eigenvalue weighted by molar-refractivity contribution is 0.0730. The fourth-order valence-electron chi connectivity index (χ4n) is 3.07. The molecular weight excluding hydrogens is 392 g/mol. The molecule has 0 unspecified atom stereocenters. The Morgan fingerprint density at radius 1 is 1.04 bits per heavy atom. The molecular formula is C18H17ClN2O5S. The maximum atomic E-state index is 12.8. The summed E-state index contributed by atoms with van der Waals surface area (Å²) in [7, 11) is -3.65. The van der Waals surface area contributed by atoms with Gasteiger partial charge in [0.2, 0.25) is 10.0 Å². The van der Waals surface area contributed by atoms with Crippen molar-refractivity contribution < 1.29 is 17.6 Å². The Bertz CT molecular complexity index is 1130. The van der Waals surface area contributed by atoms with Gasteiger partial charge in [0, 0.05) is 24.2 Å². The van der Waals surface area contributed by atoms with E-state index in [0.29, 0.717) is 43.4 Å². The van der Waals surface area contributed by atoms with Crippen molar-refractivity contribution in [3.8, 4) is 0 Å². The van der Waals surface area contributed by atoms with Crippen molar-refractivity contribution >= 4 is 32.7 Å². The summed E-state index contributed by atoms with van der Waals surface area (Å²) in [5.74, 6) is -0.541. The van der Waals surface area contributed by atoms with Crippen LogP contribution in [0.25, 0.3) is 11.1 Å². The number of benzene rings is 2.